The average molecular weight is 834 g/mol. The number of ether oxygens (including phenoxy) is 4. The van der Waals surface area contributed by atoms with Crippen molar-refractivity contribution in [1.29, 1.82) is 0 Å². The number of hydrogen-bond acceptors (Lipinski definition) is 9. The largest absolute Gasteiger partial charge is 0.448 e. The molecule has 3 amide bonds. The molecule has 11 nitrogen and oxygen atoms in total. The summed E-state index contributed by atoms with van der Waals surface area (Å²) in [6, 6.07) is 42.7. The van der Waals surface area contributed by atoms with Gasteiger partial charge in [-0.25, -0.2) is 9.59 Å². The van der Waals surface area contributed by atoms with Crippen molar-refractivity contribution < 1.29 is 38.1 Å². The van der Waals surface area contributed by atoms with Gasteiger partial charge in [-0.1, -0.05) is 121 Å². The number of alkyl carbamates (subject to hydrolysis) is 1. The first-order valence-electron chi connectivity index (χ1n) is 20.1. The molecule has 9 rings (SSSR count). The number of carbonyl (C=O) groups excluding carboxylic acids is 4. The third-order valence-electron chi connectivity index (χ3n) is 10.8. The van der Waals surface area contributed by atoms with Crippen molar-refractivity contribution in [2.24, 2.45) is 0 Å². The molecule has 2 atom stereocenters. The minimum absolute atomic E-state index is 0.0350. The van der Waals surface area contributed by atoms with E-state index in [-0.39, 0.29) is 17.4 Å². The molecule has 0 bridgehead atoms. The predicted octanol–water partition coefficient (Wildman–Crippen LogP) is 8.42. The number of benzene rings is 5. The van der Waals surface area contributed by atoms with Crippen molar-refractivity contribution in [3.05, 3.63) is 185 Å². The number of β-lactam (4-membered cyclic amide) rings is 1. The van der Waals surface area contributed by atoms with E-state index in [1.807, 2.05) is 140 Å². The van der Waals surface area contributed by atoms with Crippen LogP contribution in [0.4, 0.5) is 10.5 Å². The zero-order chi connectivity index (χ0) is 42.3. The lowest BCUT2D eigenvalue weighted by Crippen LogP contribution is -2.70. The van der Waals surface area contributed by atoms with Gasteiger partial charge in [0, 0.05) is 40.8 Å². The fourth-order valence-electron chi connectivity index (χ4n) is 8.01. The van der Waals surface area contributed by atoms with Crippen LogP contribution in [-0.4, -0.2) is 58.1 Å². The maximum Gasteiger partial charge on any atom is 0.408 e. The second-order valence-electron chi connectivity index (χ2n) is 16.1. The van der Waals surface area contributed by atoms with E-state index in [0.29, 0.717) is 41.3 Å². The van der Waals surface area contributed by atoms with Gasteiger partial charge in [-0.2, -0.15) is 0 Å². The van der Waals surface area contributed by atoms with Gasteiger partial charge in [-0.15, -0.1) is 11.8 Å². The third-order valence-corrected chi connectivity index (χ3v) is 12.1. The summed E-state index contributed by atoms with van der Waals surface area (Å²) < 4.78 is 25.0. The van der Waals surface area contributed by atoms with Crippen molar-refractivity contribution in [1.82, 2.24) is 10.2 Å². The van der Waals surface area contributed by atoms with Crippen molar-refractivity contribution in [2.75, 3.05) is 17.2 Å². The molecule has 2 fully saturated rings. The molecule has 0 aromatic heterocycles. The molecule has 0 aliphatic carbocycles. The fourth-order valence-corrected chi connectivity index (χ4v) is 9.31. The number of esters is 1. The Labute approximate surface area is 357 Å². The number of hydrogen-bond donors (Lipinski definition) is 1. The maximum atomic E-state index is 14.6. The molecule has 61 heavy (non-hydrogen) atoms. The summed E-state index contributed by atoms with van der Waals surface area (Å²) in [5.41, 5.74) is 3.98. The highest BCUT2D eigenvalue weighted by molar-refractivity contribution is 8.00. The molecule has 1 N–H and O–H groups in total. The summed E-state index contributed by atoms with van der Waals surface area (Å²) in [6.45, 7) is 5.60. The summed E-state index contributed by atoms with van der Waals surface area (Å²) >= 11 is 1.39. The van der Waals surface area contributed by atoms with E-state index in [0.717, 1.165) is 22.3 Å². The first-order chi connectivity index (χ1) is 29.5. The van der Waals surface area contributed by atoms with E-state index in [2.05, 4.69) is 5.32 Å². The Morgan fingerprint density at radius 3 is 1.97 bits per heavy atom. The molecule has 0 saturated carbocycles. The topological polar surface area (TPSA) is 124 Å². The van der Waals surface area contributed by atoms with Crippen LogP contribution in [0.2, 0.25) is 0 Å². The standard InChI is InChI=1S/C49H43N3O8S/c1-48(2,3)60-47(56)50-40-44(54)52-41(46(55)57-42(31-16-8-4-9-17-31)32-18-10-5-11-19-32)34(30-61-45(40)52)28-33-26-27-51(43(33)53)37-24-25-38-39(29-37)59-49(58-38,35-20-12-6-13-21-35)36-22-14-7-15-23-36/h4-25,28-29,40,42,45H,26-27,30H2,1-3H3,(H,50,56)/b33-28+/t40-,45-/m1/s1. The Kier molecular flexibility index (Phi) is 10.4. The number of nitrogens with zero attached hydrogens (tertiary/aromatic N) is 2. The molecule has 4 heterocycles. The first kappa shape index (κ1) is 39.7. The first-order valence-corrected chi connectivity index (χ1v) is 21.2. The van der Waals surface area contributed by atoms with Crippen LogP contribution in [-0.2, 0) is 29.6 Å². The molecule has 0 radical (unpaired) electrons. The normalized spacial score (nSPS) is 19.8. The van der Waals surface area contributed by atoms with Crippen LogP contribution >= 0.6 is 11.8 Å². The summed E-state index contributed by atoms with van der Waals surface area (Å²) in [5, 5.41) is 2.09. The van der Waals surface area contributed by atoms with Gasteiger partial charge in [0.1, 0.15) is 22.7 Å². The highest BCUT2D eigenvalue weighted by Gasteiger charge is 2.55. The smallest absolute Gasteiger partial charge is 0.408 e. The number of allylic oxidation sites excluding steroid dienone is 1. The van der Waals surface area contributed by atoms with Gasteiger partial charge in [0.2, 0.25) is 0 Å². The quantitative estimate of drug-likeness (QED) is 0.0886. The summed E-state index contributed by atoms with van der Waals surface area (Å²) in [5.74, 6) is -1.35. The Hall–Kier alpha value is -6.79. The van der Waals surface area contributed by atoms with Gasteiger partial charge >= 0.3 is 17.8 Å². The molecule has 5 aromatic carbocycles. The van der Waals surface area contributed by atoms with E-state index < -0.39 is 46.9 Å². The van der Waals surface area contributed by atoms with E-state index in [1.54, 1.807) is 31.7 Å². The Morgan fingerprint density at radius 2 is 1.38 bits per heavy atom. The lowest BCUT2D eigenvalue weighted by Gasteiger charge is -2.49. The molecule has 0 spiro atoms. The number of fused-ring (bicyclic) bond motifs is 2. The van der Waals surface area contributed by atoms with E-state index in [4.69, 9.17) is 18.9 Å². The zero-order valence-electron chi connectivity index (χ0n) is 33.8. The molecular formula is C49H43N3O8S. The maximum absolute atomic E-state index is 14.6. The van der Waals surface area contributed by atoms with Crippen LogP contribution in [0, 0.1) is 0 Å². The summed E-state index contributed by atoms with van der Waals surface area (Å²) in [4.78, 5) is 58.6. The lowest BCUT2D eigenvalue weighted by molar-refractivity contribution is -0.153. The van der Waals surface area contributed by atoms with Crippen molar-refractivity contribution >= 4 is 41.3 Å². The van der Waals surface area contributed by atoms with Gasteiger partial charge in [0.05, 0.1) is 0 Å². The van der Waals surface area contributed by atoms with Crippen LogP contribution in [0.25, 0.3) is 0 Å². The number of nitrogens with one attached hydrogen (secondary N) is 1. The lowest BCUT2D eigenvalue weighted by atomic mass is 9.97. The SMILES string of the molecule is CC(C)(C)OC(=O)N[C@@H]1C(=O)N2C(C(=O)OC(c3ccccc3)c3ccccc3)=C(/C=C3\CCN(c4ccc5c(c4)OC(c4ccccc4)(c4ccccc4)O5)C3=O)CS[C@H]12. The molecular weight excluding hydrogens is 791 g/mol. The van der Waals surface area contributed by atoms with Gasteiger partial charge in [-0.05, 0) is 62.1 Å². The zero-order valence-corrected chi connectivity index (χ0v) is 34.6. The van der Waals surface area contributed by atoms with Gasteiger partial charge in [0.15, 0.2) is 17.6 Å². The Balaban J connectivity index is 1.02. The van der Waals surface area contributed by atoms with Crippen molar-refractivity contribution in [3.63, 3.8) is 0 Å². The molecule has 4 aliphatic heterocycles. The molecule has 5 aromatic rings. The minimum atomic E-state index is -1.21. The summed E-state index contributed by atoms with van der Waals surface area (Å²) in [6.07, 6.45) is 0.589. The van der Waals surface area contributed by atoms with E-state index in [9.17, 15) is 19.2 Å². The summed E-state index contributed by atoms with van der Waals surface area (Å²) in [7, 11) is 0. The molecule has 0 unspecified atom stereocenters. The number of carbonyl (C=O) groups is 4. The molecule has 308 valence electrons. The third kappa shape index (κ3) is 7.63. The Morgan fingerprint density at radius 1 is 0.803 bits per heavy atom. The van der Waals surface area contributed by atoms with Crippen LogP contribution in [0.15, 0.2) is 162 Å². The van der Waals surface area contributed by atoms with E-state index >= 15 is 0 Å². The molecule has 12 heteroatoms. The van der Waals surface area contributed by atoms with Crippen LogP contribution < -0.4 is 19.7 Å². The van der Waals surface area contributed by atoms with E-state index in [1.165, 1.54) is 16.7 Å². The number of anilines is 1. The minimum Gasteiger partial charge on any atom is -0.448 e. The predicted molar refractivity (Wildman–Crippen MR) is 231 cm³/mol. The Bertz CT molecular complexity index is 2480. The van der Waals surface area contributed by atoms with Crippen LogP contribution in [0.5, 0.6) is 11.5 Å². The fraction of sp³-hybridized carbons (Fsp3) is 0.224. The molecule has 4 aliphatic rings. The van der Waals surface area contributed by atoms with Crippen molar-refractivity contribution in [3.8, 4) is 11.5 Å². The van der Waals surface area contributed by atoms with Crippen molar-refractivity contribution in [2.45, 2.75) is 56.1 Å². The van der Waals surface area contributed by atoms with Crippen LogP contribution in [0.1, 0.15) is 55.5 Å². The number of rotatable bonds is 9. The monoisotopic (exact) mass is 833 g/mol. The van der Waals surface area contributed by atoms with Crippen LogP contribution in [0.3, 0.4) is 0 Å². The highest BCUT2D eigenvalue weighted by atomic mass is 32.2. The second-order valence-corrected chi connectivity index (χ2v) is 17.2. The number of amides is 3. The van der Waals surface area contributed by atoms with Gasteiger partial charge in [-0.3, -0.25) is 14.5 Å². The molecule has 2 saturated heterocycles. The second kappa shape index (κ2) is 16.0. The highest BCUT2D eigenvalue weighted by Crippen LogP contribution is 2.49. The average Bonchev–Trinajstić information content (AvgIpc) is 3.85. The number of thioether (sulfide) groups is 1. The van der Waals surface area contributed by atoms with Gasteiger partial charge in [0.25, 0.3) is 11.8 Å². The van der Waals surface area contributed by atoms with Gasteiger partial charge < -0.3 is 29.2 Å².